The van der Waals surface area contributed by atoms with Crippen molar-refractivity contribution in [1.29, 1.82) is 5.26 Å². The number of rotatable bonds is 3. The third kappa shape index (κ3) is 2.51. The molecule has 1 aromatic rings. The van der Waals surface area contributed by atoms with Crippen LogP contribution in [0.25, 0.3) is 0 Å². The Morgan fingerprint density at radius 2 is 2.38 bits per heavy atom. The van der Waals surface area contributed by atoms with Crippen molar-refractivity contribution in [3.05, 3.63) is 29.6 Å². The van der Waals surface area contributed by atoms with Crippen molar-refractivity contribution in [2.45, 2.75) is 25.9 Å². The van der Waals surface area contributed by atoms with Crippen LogP contribution in [0.1, 0.15) is 30.4 Å². The SMILES string of the molecule is CC(CC#N)c1cncc(CF)c1. The molecule has 0 aliphatic rings. The molecule has 0 spiro atoms. The van der Waals surface area contributed by atoms with Gasteiger partial charge in [0.1, 0.15) is 6.67 Å². The van der Waals surface area contributed by atoms with Crippen LogP contribution in [0.4, 0.5) is 4.39 Å². The highest BCUT2D eigenvalue weighted by molar-refractivity contribution is 5.21. The molecule has 0 saturated carbocycles. The molecule has 0 aromatic carbocycles. The number of pyridine rings is 1. The molecule has 0 N–H and O–H groups in total. The van der Waals surface area contributed by atoms with Gasteiger partial charge in [-0.3, -0.25) is 4.98 Å². The summed E-state index contributed by atoms with van der Waals surface area (Å²) >= 11 is 0. The van der Waals surface area contributed by atoms with Gasteiger partial charge in [0.15, 0.2) is 0 Å². The van der Waals surface area contributed by atoms with Crippen LogP contribution in [-0.4, -0.2) is 4.98 Å². The molecular formula is C10H11FN2. The molecule has 0 fully saturated rings. The Bertz CT molecular complexity index is 317. The second-order valence-electron chi connectivity index (χ2n) is 3.02. The fraction of sp³-hybridized carbons (Fsp3) is 0.400. The maximum absolute atomic E-state index is 12.2. The summed E-state index contributed by atoms with van der Waals surface area (Å²) in [5.74, 6) is 0.129. The number of hydrogen-bond donors (Lipinski definition) is 0. The Kier molecular flexibility index (Phi) is 3.39. The lowest BCUT2D eigenvalue weighted by Crippen LogP contribution is -1.94. The monoisotopic (exact) mass is 178 g/mol. The first-order chi connectivity index (χ1) is 6.27. The van der Waals surface area contributed by atoms with Gasteiger partial charge in [0.25, 0.3) is 0 Å². The molecule has 1 atom stereocenters. The van der Waals surface area contributed by atoms with E-state index in [-0.39, 0.29) is 5.92 Å². The van der Waals surface area contributed by atoms with Crippen molar-refractivity contribution < 1.29 is 4.39 Å². The van der Waals surface area contributed by atoms with Crippen LogP contribution >= 0.6 is 0 Å². The minimum Gasteiger partial charge on any atom is -0.264 e. The maximum Gasteiger partial charge on any atom is 0.116 e. The van der Waals surface area contributed by atoms with Crippen LogP contribution in [0.2, 0.25) is 0 Å². The summed E-state index contributed by atoms with van der Waals surface area (Å²) in [6.07, 6.45) is 3.63. The van der Waals surface area contributed by atoms with Gasteiger partial charge in [0.2, 0.25) is 0 Å². The van der Waals surface area contributed by atoms with E-state index in [1.807, 2.05) is 6.92 Å². The molecule has 2 nitrogen and oxygen atoms in total. The number of halogens is 1. The number of hydrogen-bond acceptors (Lipinski definition) is 2. The summed E-state index contributed by atoms with van der Waals surface area (Å²) in [6, 6.07) is 3.84. The Hall–Kier alpha value is -1.43. The molecule has 3 heteroatoms. The van der Waals surface area contributed by atoms with E-state index >= 15 is 0 Å². The van der Waals surface area contributed by atoms with E-state index < -0.39 is 6.67 Å². The first-order valence-corrected chi connectivity index (χ1v) is 4.14. The van der Waals surface area contributed by atoms with Gasteiger partial charge in [-0.25, -0.2) is 4.39 Å². The van der Waals surface area contributed by atoms with E-state index in [9.17, 15) is 4.39 Å². The quantitative estimate of drug-likeness (QED) is 0.713. The van der Waals surface area contributed by atoms with Crippen LogP contribution < -0.4 is 0 Å². The molecule has 0 aliphatic carbocycles. The smallest absolute Gasteiger partial charge is 0.116 e. The van der Waals surface area contributed by atoms with Crippen molar-refractivity contribution >= 4 is 0 Å². The number of alkyl halides is 1. The van der Waals surface area contributed by atoms with Gasteiger partial charge in [0.05, 0.1) is 6.07 Å². The lowest BCUT2D eigenvalue weighted by molar-refractivity contribution is 0.483. The van der Waals surface area contributed by atoms with Crippen LogP contribution in [-0.2, 0) is 6.67 Å². The van der Waals surface area contributed by atoms with Gasteiger partial charge >= 0.3 is 0 Å². The summed E-state index contributed by atoms with van der Waals surface area (Å²) < 4.78 is 12.2. The van der Waals surface area contributed by atoms with Gasteiger partial charge in [0, 0.05) is 24.4 Å². The van der Waals surface area contributed by atoms with E-state index in [1.54, 1.807) is 12.3 Å². The lowest BCUT2D eigenvalue weighted by Gasteiger charge is -2.07. The number of nitrogens with zero attached hydrogens (tertiary/aromatic N) is 2. The van der Waals surface area contributed by atoms with E-state index in [1.165, 1.54) is 6.20 Å². The first kappa shape index (κ1) is 9.66. The van der Waals surface area contributed by atoms with Gasteiger partial charge in [-0.15, -0.1) is 0 Å². The molecule has 0 radical (unpaired) electrons. The molecule has 0 aliphatic heterocycles. The molecule has 0 bridgehead atoms. The zero-order chi connectivity index (χ0) is 9.68. The second-order valence-corrected chi connectivity index (χ2v) is 3.02. The van der Waals surface area contributed by atoms with Crippen molar-refractivity contribution in [1.82, 2.24) is 4.98 Å². The van der Waals surface area contributed by atoms with Gasteiger partial charge in [-0.2, -0.15) is 5.26 Å². The predicted molar refractivity (Wildman–Crippen MR) is 47.7 cm³/mol. The highest BCUT2D eigenvalue weighted by Gasteiger charge is 2.05. The third-order valence-electron chi connectivity index (χ3n) is 1.94. The fourth-order valence-corrected chi connectivity index (χ4v) is 1.11. The summed E-state index contributed by atoms with van der Waals surface area (Å²) in [5.41, 5.74) is 1.50. The fourth-order valence-electron chi connectivity index (χ4n) is 1.11. The molecule has 1 unspecified atom stereocenters. The molecule has 1 heterocycles. The summed E-state index contributed by atoms with van der Waals surface area (Å²) in [7, 11) is 0. The largest absolute Gasteiger partial charge is 0.264 e. The Morgan fingerprint density at radius 1 is 1.62 bits per heavy atom. The van der Waals surface area contributed by atoms with Crippen molar-refractivity contribution in [2.24, 2.45) is 0 Å². The Balaban J connectivity index is 2.83. The zero-order valence-electron chi connectivity index (χ0n) is 7.50. The Morgan fingerprint density at radius 3 is 3.00 bits per heavy atom. The molecule has 1 rings (SSSR count). The highest BCUT2D eigenvalue weighted by Crippen LogP contribution is 2.18. The normalized spacial score (nSPS) is 12.1. The van der Waals surface area contributed by atoms with Crippen LogP contribution in [0.5, 0.6) is 0 Å². The number of aromatic nitrogens is 1. The first-order valence-electron chi connectivity index (χ1n) is 4.14. The molecule has 1 aromatic heterocycles. The maximum atomic E-state index is 12.2. The third-order valence-corrected chi connectivity index (χ3v) is 1.94. The highest BCUT2D eigenvalue weighted by atomic mass is 19.1. The summed E-state index contributed by atoms with van der Waals surface area (Å²) in [6.45, 7) is 1.43. The molecule has 68 valence electrons. The second kappa shape index (κ2) is 4.56. The summed E-state index contributed by atoms with van der Waals surface area (Å²) in [5, 5.41) is 8.48. The molecule has 0 saturated heterocycles. The van der Waals surface area contributed by atoms with Gasteiger partial charge in [-0.05, 0) is 17.5 Å². The molecule has 0 amide bonds. The minimum atomic E-state index is -0.500. The lowest BCUT2D eigenvalue weighted by atomic mass is 9.99. The minimum absolute atomic E-state index is 0.129. The topological polar surface area (TPSA) is 36.7 Å². The van der Waals surface area contributed by atoms with Gasteiger partial charge < -0.3 is 0 Å². The number of nitriles is 1. The van der Waals surface area contributed by atoms with Crippen LogP contribution in [0.15, 0.2) is 18.5 Å². The van der Waals surface area contributed by atoms with Crippen LogP contribution in [0, 0.1) is 11.3 Å². The zero-order valence-corrected chi connectivity index (χ0v) is 7.50. The van der Waals surface area contributed by atoms with Crippen LogP contribution in [0.3, 0.4) is 0 Å². The average Bonchev–Trinajstić information content (AvgIpc) is 2.18. The van der Waals surface area contributed by atoms with E-state index in [0.717, 1.165) is 5.56 Å². The molecular weight excluding hydrogens is 167 g/mol. The average molecular weight is 178 g/mol. The Labute approximate surface area is 77.0 Å². The molecule has 13 heavy (non-hydrogen) atoms. The van der Waals surface area contributed by atoms with Crippen molar-refractivity contribution in [3.8, 4) is 6.07 Å². The van der Waals surface area contributed by atoms with Crippen molar-refractivity contribution in [2.75, 3.05) is 0 Å². The van der Waals surface area contributed by atoms with E-state index in [0.29, 0.717) is 12.0 Å². The standard InChI is InChI=1S/C10H11FN2/c1-8(2-3-12)10-4-9(5-11)6-13-7-10/h4,6-8H,2,5H2,1H3. The van der Waals surface area contributed by atoms with E-state index in [4.69, 9.17) is 5.26 Å². The van der Waals surface area contributed by atoms with Crippen molar-refractivity contribution in [3.63, 3.8) is 0 Å². The van der Waals surface area contributed by atoms with Gasteiger partial charge in [-0.1, -0.05) is 6.92 Å². The summed E-state index contributed by atoms with van der Waals surface area (Å²) in [4.78, 5) is 3.91. The predicted octanol–water partition coefficient (Wildman–Crippen LogP) is 2.57. The van der Waals surface area contributed by atoms with E-state index in [2.05, 4.69) is 11.1 Å².